The standard InChI is InChI=1S/C18H38O3.3C3H4O2/c1-3-4-5-6-7-8-9-10-11-12-13-17(2)18(14-19,15-20)16-21;3*1-2-3(4)5/h17,19-21H,3-16H2,1-2H3;3*2H,1H2,(H,4,5). The van der Waals surface area contributed by atoms with Crippen LogP contribution in [0.1, 0.15) is 84.5 Å². The molecule has 0 aromatic rings. The van der Waals surface area contributed by atoms with Gasteiger partial charge in [-0.2, -0.15) is 0 Å². The Hall–Kier alpha value is -2.49. The van der Waals surface area contributed by atoms with Crippen LogP contribution in [0.25, 0.3) is 0 Å². The van der Waals surface area contributed by atoms with Crippen LogP contribution in [-0.2, 0) is 14.4 Å². The Kier molecular flexibility index (Phi) is 34.5. The van der Waals surface area contributed by atoms with Gasteiger partial charge in [-0.1, -0.05) is 97.8 Å². The third-order valence-corrected chi connectivity index (χ3v) is 5.50. The van der Waals surface area contributed by atoms with Crippen molar-refractivity contribution >= 4 is 17.9 Å². The van der Waals surface area contributed by atoms with Gasteiger partial charge in [0.05, 0.1) is 19.8 Å². The molecule has 0 bridgehead atoms. The predicted molar refractivity (Wildman–Crippen MR) is 143 cm³/mol. The van der Waals surface area contributed by atoms with Gasteiger partial charge in [0.15, 0.2) is 0 Å². The molecule has 0 aliphatic carbocycles. The number of hydrogen-bond acceptors (Lipinski definition) is 6. The number of carbonyl (C=O) groups is 3. The van der Waals surface area contributed by atoms with Crippen molar-refractivity contribution < 1.29 is 45.0 Å². The second-order valence-corrected chi connectivity index (χ2v) is 8.34. The van der Waals surface area contributed by atoms with Gasteiger partial charge in [-0.05, 0) is 12.3 Å². The van der Waals surface area contributed by atoms with Gasteiger partial charge in [-0.15, -0.1) is 0 Å². The molecule has 0 aromatic carbocycles. The maximum absolute atomic E-state index is 9.39. The Morgan fingerprint density at radius 3 is 1.11 bits per heavy atom. The SMILES string of the molecule is C=CC(=O)O.C=CC(=O)O.C=CC(=O)O.CCCCCCCCCCCCC(C)C(CO)(CO)CO. The predicted octanol–water partition coefficient (Wildman–Crippen LogP) is 4.67. The van der Waals surface area contributed by atoms with Crippen LogP contribution in [0.3, 0.4) is 0 Å². The van der Waals surface area contributed by atoms with Crippen molar-refractivity contribution in [2.75, 3.05) is 19.8 Å². The number of carboxylic acids is 3. The molecule has 1 unspecified atom stereocenters. The molecule has 0 aromatic heterocycles. The largest absolute Gasteiger partial charge is 0.478 e. The van der Waals surface area contributed by atoms with Gasteiger partial charge in [0, 0.05) is 23.6 Å². The van der Waals surface area contributed by atoms with E-state index in [1.807, 2.05) is 6.92 Å². The van der Waals surface area contributed by atoms with Gasteiger partial charge in [-0.25, -0.2) is 14.4 Å². The topological polar surface area (TPSA) is 173 Å². The summed E-state index contributed by atoms with van der Waals surface area (Å²) in [7, 11) is 0. The van der Waals surface area contributed by atoms with Gasteiger partial charge >= 0.3 is 17.9 Å². The summed E-state index contributed by atoms with van der Waals surface area (Å²) in [5.41, 5.74) is -0.709. The van der Waals surface area contributed by atoms with E-state index >= 15 is 0 Å². The highest BCUT2D eigenvalue weighted by molar-refractivity contribution is 5.79. The fourth-order valence-corrected chi connectivity index (χ4v) is 2.86. The summed E-state index contributed by atoms with van der Waals surface area (Å²) in [6.45, 7) is 12.7. The van der Waals surface area contributed by atoms with E-state index in [4.69, 9.17) is 15.3 Å². The quantitative estimate of drug-likeness (QED) is 0.111. The van der Waals surface area contributed by atoms with Crippen LogP contribution in [0.2, 0.25) is 0 Å². The summed E-state index contributed by atoms with van der Waals surface area (Å²) < 4.78 is 0. The summed E-state index contributed by atoms with van der Waals surface area (Å²) >= 11 is 0. The van der Waals surface area contributed by atoms with E-state index in [2.05, 4.69) is 26.7 Å². The lowest BCUT2D eigenvalue weighted by atomic mass is 9.75. The molecule has 0 heterocycles. The summed E-state index contributed by atoms with van der Waals surface area (Å²) in [5.74, 6) is -2.79. The van der Waals surface area contributed by atoms with Gasteiger partial charge in [0.1, 0.15) is 0 Å². The zero-order chi connectivity index (χ0) is 28.8. The first-order valence-corrected chi connectivity index (χ1v) is 12.4. The van der Waals surface area contributed by atoms with Crippen LogP contribution in [0.5, 0.6) is 0 Å². The number of unbranched alkanes of at least 4 members (excludes halogenated alkanes) is 9. The first kappa shape index (κ1) is 40.7. The van der Waals surface area contributed by atoms with Crippen molar-refractivity contribution in [3.05, 3.63) is 38.0 Å². The number of aliphatic carboxylic acids is 3. The maximum Gasteiger partial charge on any atom is 0.327 e. The zero-order valence-electron chi connectivity index (χ0n) is 22.2. The molecule has 0 fully saturated rings. The number of carboxylic acid groups (broad SMARTS) is 3. The minimum absolute atomic E-state index is 0.140. The Morgan fingerprint density at radius 2 is 0.889 bits per heavy atom. The molecule has 9 nitrogen and oxygen atoms in total. The number of rotatable bonds is 18. The number of aliphatic hydroxyl groups is 3. The lowest BCUT2D eigenvalue weighted by Gasteiger charge is -2.34. The fourth-order valence-electron chi connectivity index (χ4n) is 2.86. The highest BCUT2D eigenvalue weighted by Crippen LogP contribution is 2.30. The number of hydrogen-bond donors (Lipinski definition) is 6. The van der Waals surface area contributed by atoms with Crippen LogP contribution in [0.15, 0.2) is 38.0 Å². The lowest BCUT2D eigenvalue weighted by molar-refractivity contribution is -0.132. The summed E-state index contributed by atoms with van der Waals surface area (Å²) in [6, 6.07) is 0. The third kappa shape index (κ3) is 31.5. The molecule has 9 heteroatoms. The summed E-state index contributed by atoms with van der Waals surface area (Å²) in [6.07, 6.45) is 16.6. The Labute approximate surface area is 216 Å². The van der Waals surface area contributed by atoms with Crippen LogP contribution in [0.4, 0.5) is 0 Å². The Bertz CT molecular complexity index is 519. The third-order valence-electron chi connectivity index (χ3n) is 5.50. The van der Waals surface area contributed by atoms with E-state index in [1.165, 1.54) is 57.8 Å². The fraction of sp³-hybridized carbons (Fsp3) is 0.667. The first-order valence-electron chi connectivity index (χ1n) is 12.4. The molecular formula is C27H50O9. The molecule has 0 spiro atoms. The van der Waals surface area contributed by atoms with E-state index in [-0.39, 0.29) is 25.7 Å². The zero-order valence-corrected chi connectivity index (χ0v) is 22.2. The molecule has 0 aliphatic heterocycles. The maximum atomic E-state index is 9.39. The van der Waals surface area contributed by atoms with Crippen molar-refractivity contribution in [3.63, 3.8) is 0 Å². The van der Waals surface area contributed by atoms with Gasteiger partial charge in [0.2, 0.25) is 0 Å². The summed E-state index contributed by atoms with van der Waals surface area (Å²) in [4.78, 5) is 27.8. The molecule has 36 heavy (non-hydrogen) atoms. The smallest absolute Gasteiger partial charge is 0.327 e. The monoisotopic (exact) mass is 518 g/mol. The summed E-state index contributed by atoms with van der Waals surface area (Å²) in [5, 5.41) is 51.0. The molecule has 0 radical (unpaired) electrons. The second kappa shape index (κ2) is 30.5. The highest BCUT2D eigenvalue weighted by atomic mass is 16.4. The normalized spacial score (nSPS) is 10.6. The average molecular weight is 519 g/mol. The Balaban J connectivity index is -0.000000275. The van der Waals surface area contributed by atoms with E-state index in [1.54, 1.807) is 0 Å². The van der Waals surface area contributed by atoms with Crippen molar-refractivity contribution in [1.82, 2.24) is 0 Å². The molecule has 1 atom stereocenters. The lowest BCUT2D eigenvalue weighted by Crippen LogP contribution is -2.40. The molecule has 0 aliphatic rings. The van der Waals surface area contributed by atoms with Gasteiger partial charge < -0.3 is 30.6 Å². The van der Waals surface area contributed by atoms with Crippen LogP contribution in [-0.4, -0.2) is 68.4 Å². The molecule has 0 amide bonds. The molecule has 0 rings (SSSR count). The van der Waals surface area contributed by atoms with E-state index < -0.39 is 23.3 Å². The van der Waals surface area contributed by atoms with E-state index in [0.717, 1.165) is 31.1 Å². The minimum atomic E-state index is -0.981. The highest BCUT2D eigenvalue weighted by Gasteiger charge is 2.34. The molecule has 0 saturated heterocycles. The minimum Gasteiger partial charge on any atom is -0.478 e. The van der Waals surface area contributed by atoms with Crippen molar-refractivity contribution in [2.45, 2.75) is 84.5 Å². The van der Waals surface area contributed by atoms with Crippen molar-refractivity contribution in [3.8, 4) is 0 Å². The average Bonchev–Trinajstić information content (AvgIpc) is 2.87. The molecule has 0 saturated carbocycles. The number of aliphatic hydroxyl groups excluding tert-OH is 3. The molecule has 212 valence electrons. The second-order valence-electron chi connectivity index (χ2n) is 8.34. The van der Waals surface area contributed by atoms with Gasteiger partial charge in [0.25, 0.3) is 0 Å². The molecular weight excluding hydrogens is 468 g/mol. The van der Waals surface area contributed by atoms with E-state index in [9.17, 15) is 29.7 Å². The van der Waals surface area contributed by atoms with Crippen LogP contribution < -0.4 is 0 Å². The molecule has 6 N–H and O–H groups in total. The van der Waals surface area contributed by atoms with E-state index in [0.29, 0.717) is 0 Å². The first-order chi connectivity index (χ1) is 17.0. The van der Waals surface area contributed by atoms with Crippen LogP contribution in [0, 0.1) is 11.3 Å². The Morgan fingerprint density at radius 1 is 0.639 bits per heavy atom. The van der Waals surface area contributed by atoms with Gasteiger partial charge in [-0.3, -0.25) is 0 Å². The van der Waals surface area contributed by atoms with Crippen LogP contribution >= 0.6 is 0 Å². The van der Waals surface area contributed by atoms with Crippen molar-refractivity contribution in [2.24, 2.45) is 11.3 Å². The van der Waals surface area contributed by atoms with Crippen molar-refractivity contribution in [1.29, 1.82) is 0 Å².